The van der Waals surface area contributed by atoms with Gasteiger partial charge in [-0.1, -0.05) is 0 Å². The summed E-state index contributed by atoms with van der Waals surface area (Å²) in [6.07, 6.45) is -3.35. The summed E-state index contributed by atoms with van der Waals surface area (Å²) in [5, 5.41) is 8.93. The molecule has 0 saturated carbocycles. The Morgan fingerprint density at radius 1 is 1.53 bits per heavy atom. The lowest BCUT2D eigenvalue weighted by Gasteiger charge is -2.22. The first-order chi connectivity index (χ1) is 7.97. The maximum absolute atomic E-state index is 12.3. The minimum atomic E-state index is -4.37. The molecule has 1 unspecified atom stereocenters. The monoisotopic (exact) mass is 248 g/mol. The predicted molar refractivity (Wildman–Crippen MR) is 56.3 cm³/mol. The van der Waals surface area contributed by atoms with Gasteiger partial charge in [0.2, 0.25) is 0 Å². The Morgan fingerprint density at radius 2 is 2.29 bits per heavy atom. The molecule has 1 atom stereocenters. The second-order valence-electron chi connectivity index (χ2n) is 4.34. The van der Waals surface area contributed by atoms with Crippen LogP contribution in [0.15, 0.2) is 6.07 Å². The van der Waals surface area contributed by atoms with Crippen LogP contribution in [0.5, 0.6) is 0 Å². The van der Waals surface area contributed by atoms with Gasteiger partial charge in [-0.25, -0.2) is 0 Å². The van der Waals surface area contributed by atoms with E-state index in [0.29, 0.717) is 18.3 Å². The van der Waals surface area contributed by atoms with Crippen molar-refractivity contribution >= 4 is 0 Å². The largest absolute Gasteiger partial charge is 0.435 e. The highest BCUT2D eigenvalue weighted by atomic mass is 19.4. The number of rotatable bonds is 3. The van der Waals surface area contributed by atoms with Crippen LogP contribution in [0.25, 0.3) is 0 Å². The fourth-order valence-corrected chi connectivity index (χ4v) is 2.00. The van der Waals surface area contributed by atoms with Crippen molar-refractivity contribution in [1.82, 2.24) is 20.4 Å². The van der Waals surface area contributed by atoms with Gasteiger partial charge in [-0.3, -0.25) is 10.00 Å². The van der Waals surface area contributed by atoms with E-state index in [9.17, 15) is 13.2 Å². The second kappa shape index (κ2) is 4.66. The van der Waals surface area contributed by atoms with Crippen LogP contribution in [0.3, 0.4) is 0 Å². The molecule has 7 heteroatoms. The summed E-state index contributed by atoms with van der Waals surface area (Å²) in [5.41, 5.74) is -0.364. The molecule has 1 aliphatic heterocycles. The van der Waals surface area contributed by atoms with Gasteiger partial charge in [-0.2, -0.15) is 18.3 Å². The Balaban J connectivity index is 1.96. The third-order valence-electron chi connectivity index (χ3n) is 3.00. The van der Waals surface area contributed by atoms with E-state index in [2.05, 4.69) is 15.5 Å². The minimum Gasteiger partial charge on any atom is -0.315 e. The van der Waals surface area contributed by atoms with Crippen molar-refractivity contribution in [2.45, 2.75) is 25.2 Å². The number of likely N-dealkylation sites (N-methyl/N-ethyl adjacent to an activating group) is 1. The van der Waals surface area contributed by atoms with Gasteiger partial charge in [-0.05, 0) is 26.1 Å². The summed E-state index contributed by atoms with van der Waals surface area (Å²) in [6.45, 7) is 2.30. The van der Waals surface area contributed by atoms with Crippen molar-refractivity contribution in [3.05, 3.63) is 17.5 Å². The molecule has 2 N–H and O–H groups in total. The van der Waals surface area contributed by atoms with Crippen LogP contribution in [-0.2, 0) is 12.7 Å². The normalized spacial score (nSPS) is 21.4. The molecule has 4 nitrogen and oxygen atoms in total. The Bertz CT molecular complexity index is 368. The summed E-state index contributed by atoms with van der Waals surface area (Å²) in [7, 11) is 1.91. The van der Waals surface area contributed by atoms with Crippen LogP contribution in [0.2, 0.25) is 0 Å². The van der Waals surface area contributed by atoms with Gasteiger partial charge in [0.05, 0.1) is 0 Å². The number of alkyl halides is 3. The highest BCUT2D eigenvalue weighted by molar-refractivity contribution is 5.11. The maximum atomic E-state index is 12.3. The van der Waals surface area contributed by atoms with E-state index in [1.54, 1.807) is 0 Å². The summed E-state index contributed by atoms with van der Waals surface area (Å²) in [4.78, 5) is 2.04. The van der Waals surface area contributed by atoms with Crippen LogP contribution in [0.4, 0.5) is 13.2 Å². The second-order valence-corrected chi connectivity index (χ2v) is 4.34. The number of H-pyrrole nitrogens is 1. The molecule has 2 rings (SSSR count). The van der Waals surface area contributed by atoms with E-state index in [1.165, 1.54) is 0 Å². The molecule has 1 saturated heterocycles. The number of hydrogen-bond acceptors (Lipinski definition) is 3. The van der Waals surface area contributed by atoms with E-state index < -0.39 is 11.9 Å². The van der Waals surface area contributed by atoms with Gasteiger partial charge in [-0.15, -0.1) is 0 Å². The average molecular weight is 248 g/mol. The molecule has 1 aromatic rings. The zero-order valence-corrected chi connectivity index (χ0v) is 9.51. The highest BCUT2D eigenvalue weighted by Crippen LogP contribution is 2.27. The first-order valence-corrected chi connectivity index (χ1v) is 5.49. The number of hydrogen-bond donors (Lipinski definition) is 2. The summed E-state index contributed by atoms with van der Waals surface area (Å²) >= 11 is 0. The third-order valence-corrected chi connectivity index (χ3v) is 3.00. The van der Waals surface area contributed by atoms with Gasteiger partial charge < -0.3 is 5.32 Å². The van der Waals surface area contributed by atoms with Crippen molar-refractivity contribution in [2.75, 3.05) is 20.1 Å². The fraction of sp³-hybridized carbons (Fsp3) is 0.700. The van der Waals surface area contributed by atoms with Gasteiger partial charge in [0, 0.05) is 24.8 Å². The zero-order chi connectivity index (χ0) is 12.5. The molecule has 0 spiro atoms. The van der Waals surface area contributed by atoms with E-state index in [0.717, 1.165) is 25.6 Å². The van der Waals surface area contributed by atoms with Crippen LogP contribution < -0.4 is 5.32 Å². The topological polar surface area (TPSA) is 44.0 Å². The summed E-state index contributed by atoms with van der Waals surface area (Å²) in [6, 6.07) is 1.45. The van der Waals surface area contributed by atoms with Gasteiger partial charge in [0.1, 0.15) is 0 Å². The van der Waals surface area contributed by atoms with Crippen LogP contribution in [0.1, 0.15) is 17.8 Å². The highest BCUT2D eigenvalue weighted by Gasteiger charge is 2.34. The van der Waals surface area contributed by atoms with Crippen molar-refractivity contribution < 1.29 is 13.2 Å². The smallest absolute Gasteiger partial charge is 0.315 e. The van der Waals surface area contributed by atoms with Crippen molar-refractivity contribution in [2.24, 2.45) is 0 Å². The van der Waals surface area contributed by atoms with Crippen LogP contribution in [-0.4, -0.2) is 41.3 Å². The Morgan fingerprint density at radius 3 is 2.82 bits per heavy atom. The number of halogens is 3. The lowest BCUT2D eigenvalue weighted by atomic mass is 10.2. The van der Waals surface area contributed by atoms with Gasteiger partial charge in [0.15, 0.2) is 5.69 Å². The maximum Gasteiger partial charge on any atom is 0.435 e. The number of aromatic amines is 1. The average Bonchev–Trinajstić information content (AvgIpc) is 2.85. The summed E-state index contributed by atoms with van der Waals surface area (Å²) < 4.78 is 37.0. The Kier molecular flexibility index (Phi) is 3.39. The molecule has 17 heavy (non-hydrogen) atoms. The molecule has 1 aromatic heterocycles. The third kappa shape index (κ3) is 2.98. The molecular weight excluding hydrogens is 233 g/mol. The molecule has 0 aromatic carbocycles. The number of nitrogens with one attached hydrogen (secondary N) is 2. The molecule has 1 fully saturated rings. The Hall–Kier alpha value is -1.08. The van der Waals surface area contributed by atoms with Gasteiger partial charge in [0.25, 0.3) is 0 Å². The molecule has 2 heterocycles. The molecule has 0 radical (unpaired) electrons. The molecule has 1 aliphatic rings. The fourth-order valence-electron chi connectivity index (χ4n) is 2.00. The molecule has 96 valence electrons. The molecular formula is C10H15F3N4. The van der Waals surface area contributed by atoms with Crippen molar-refractivity contribution in [1.29, 1.82) is 0 Å². The Labute approximate surface area is 97.2 Å². The number of aromatic nitrogens is 2. The zero-order valence-electron chi connectivity index (χ0n) is 9.51. The lowest BCUT2D eigenvalue weighted by Crippen LogP contribution is -2.32. The molecule has 0 aliphatic carbocycles. The molecule has 0 bridgehead atoms. The van der Waals surface area contributed by atoms with Gasteiger partial charge >= 0.3 is 6.18 Å². The predicted octanol–water partition coefficient (Wildman–Crippen LogP) is 1.22. The minimum absolute atomic E-state index is 0.382. The van der Waals surface area contributed by atoms with E-state index >= 15 is 0 Å². The van der Waals surface area contributed by atoms with Crippen molar-refractivity contribution in [3.8, 4) is 0 Å². The summed E-state index contributed by atoms with van der Waals surface area (Å²) in [5.74, 6) is 0. The number of nitrogens with zero attached hydrogens (tertiary/aromatic N) is 2. The lowest BCUT2D eigenvalue weighted by molar-refractivity contribution is -0.141. The van der Waals surface area contributed by atoms with Crippen LogP contribution >= 0.6 is 0 Å². The SMILES string of the molecule is CN(Cc1cc(C(F)(F)F)n[nH]1)C1CCNC1. The van der Waals surface area contributed by atoms with E-state index in [-0.39, 0.29) is 0 Å². The van der Waals surface area contributed by atoms with E-state index in [4.69, 9.17) is 0 Å². The molecule has 0 amide bonds. The van der Waals surface area contributed by atoms with E-state index in [1.807, 2.05) is 11.9 Å². The standard InChI is InChI=1S/C10H15F3N4/c1-17(8-2-3-14-5-8)6-7-4-9(16-15-7)10(11,12)13/h4,8,14H,2-3,5-6H2,1H3,(H,15,16). The first kappa shape index (κ1) is 12.4. The first-order valence-electron chi connectivity index (χ1n) is 5.49. The van der Waals surface area contributed by atoms with Crippen LogP contribution in [0, 0.1) is 0 Å². The quantitative estimate of drug-likeness (QED) is 0.845. The van der Waals surface area contributed by atoms with Crippen molar-refractivity contribution in [3.63, 3.8) is 0 Å².